The van der Waals surface area contributed by atoms with E-state index in [1.54, 1.807) is 0 Å². The Hall–Kier alpha value is 0.0500. The molecule has 1 saturated heterocycles. The van der Waals surface area contributed by atoms with Crippen molar-refractivity contribution in [1.29, 1.82) is 0 Å². The lowest BCUT2D eigenvalue weighted by Gasteiger charge is -2.23. The summed E-state index contributed by atoms with van der Waals surface area (Å²) in [5.41, 5.74) is -2.00. The van der Waals surface area contributed by atoms with Crippen molar-refractivity contribution in [2.24, 2.45) is 0 Å². The van der Waals surface area contributed by atoms with Crippen molar-refractivity contribution < 1.29 is 25.5 Å². The van der Waals surface area contributed by atoms with Gasteiger partial charge in [0.05, 0.1) is 6.61 Å². The Morgan fingerprint density at radius 2 is 1.75 bits per heavy atom. The Labute approximate surface area is 74.9 Å². The normalized spacial score (nSPS) is 47.2. The van der Waals surface area contributed by atoms with Gasteiger partial charge in [0.2, 0.25) is 0 Å². The van der Waals surface area contributed by atoms with Crippen molar-refractivity contribution in [3.05, 3.63) is 0 Å². The van der Waals surface area contributed by atoms with E-state index in [4.69, 9.17) is 20.4 Å². The summed E-state index contributed by atoms with van der Waals surface area (Å²) in [6, 6.07) is 0. The molecular formula is C5H12ClNO5. The van der Waals surface area contributed by atoms with Crippen LogP contribution in [0.15, 0.2) is 0 Å². The molecule has 4 atom stereocenters. The minimum Gasteiger partial charge on any atom is -0.392 e. The van der Waals surface area contributed by atoms with Gasteiger partial charge in [-0.3, -0.25) is 5.32 Å². The smallest absolute Gasteiger partial charge is 0.170 e. The number of hydrogen-bond donors (Lipinski definition) is 6. The number of hydrogen-bond acceptors (Lipinski definition) is 6. The van der Waals surface area contributed by atoms with Gasteiger partial charge in [0.1, 0.15) is 18.4 Å². The fourth-order valence-corrected chi connectivity index (χ4v) is 1.02. The molecule has 1 aliphatic heterocycles. The molecule has 0 bridgehead atoms. The summed E-state index contributed by atoms with van der Waals surface area (Å²) in [6.07, 6.45) is -4.48. The predicted octanol–water partition coefficient (Wildman–Crippen LogP) is -3.27. The molecule has 1 rings (SSSR count). The SMILES string of the molecule is Cl.OC[C@]1(O)NC(O)[C@@H](O)[C@@H]1O. The van der Waals surface area contributed by atoms with Crippen LogP contribution in [-0.2, 0) is 0 Å². The maximum absolute atomic E-state index is 9.18. The molecule has 0 radical (unpaired) electrons. The molecule has 6 nitrogen and oxygen atoms in total. The van der Waals surface area contributed by atoms with Crippen LogP contribution in [0.1, 0.15) is 0 Å². The van der Waals surface area contributed by atoms with Gasteiger partial charge in [-0.25, -0.2) is 0 Å². The molecule has 0 aromatic carbocycles. The molecule has 6 N–H and O–H groups in total. The second-order valence-electron chi connectivity index (χ2n) is 2.61. The Morgan fingerprint density at radius 1 is 1.25 bits per heavy atom. The molecule has 12 heavy (non-hydrogen) atoms. The van der Waals surface area contributed by atoms with Crippen LogP contribution in [-0.4, -0.2) is 56.3 Å². The molecule has 0 aliphatic carbocycles. The van der Waals surface area contributed by atoms with E-state index < -0.39 is 30.8 Å². The first kappa shape index (κ1) is 12.0. The first-order chi connectivity index (χ1) is 5.01. The summed E-state index contributed by atoms with van der Waals surface area (Å²) in [5.74, 6) is 0. The van der Waals surface area contributed by atoms with Crippen molar-refractivity contribution in [2.75, 3.05) is 6.61 Å². The van der Waals surface area contributed by atoms with Crippen LogP contribution < -0.4 is 5.32 Å². The number of nitrogens with one attached hydrogen (secondary N) is 1. The molecule has 0 spiro atoms. The van der Waals surface area contributed by atoms with E-state index in [-0.39, 0.29) is 12.4 Å². The lowest BCUT2D eigenvalue weighted by atomic mass is 10.1. The summed E-state index contributed by atoms with van der Waals surface area (Å²) >= 11 is 0. The maximum atomic E-state index is 9.18. The first-order valence-corrected chi connectivity index (χ1v) is 3.16. The van der Waals surface area contributed by atoms with Gasteiger partial charge in [-0.05, 0) is 0 Å². The van der Waals surface area contributed by atoms with E-state index in [1.165, 1.54) is 0 Å². The third kappa shape index (κ3) is 1.69. The standard InChI is InChI=1S/C5H11NO5.ClH/c7-1-5(11)3(9)2(8)4(10)6-5;/h2-4,6-11H,1H2;1H/t2-,3-,4?,5+;/m0./s1. The van der Waals surface area contributed by atoms with Gasteiger partial charge in [0, 0.05) is 0 Å². The zero-order valence-electron chi connectivity index (χ0n) is 6.08. The molecule has 74 valence electrons. The Balaban J connectivity index is 0.00000121. The van der Waals surface area contributed by atoms with Gasteiger partial charge in [-0.15, -0.1) is 12.4 Å². The van der Waals surface area contributed by atoms with Crippen LogP contribution in [0.25, 0.3) is 0 Å². The van der Waals surface area contributed by atoms with Crippen molar-refractivity contribution in [3.63, 3.8) is 0 Å². The van der Waals surface area contributed by atoms with Crippen molar-refractivity contribution >= 4 is 12.4 Å². The van der Waals surface area contributed by atoms with Crippen LogP contribution in [0.4, 0.5) is 0 Å². The van der Waals surface area contributed by atoms with Crippen molar-refractivity contribution in [1.82, 2.24) is 5.32 Å². The van der Waals surface area contributed by atoms with E-state index in [1.807, 2.05) is 5.32 Å². The largest absolute Gasteiger partial charge is 0.392 e. The van der Waals surface area contributed by atoms with E-state index in [0.717, 1.165) is 0 Å². The second-order valence-corrected chi connectivity index (χ2v) is 2.61. The molecule has 0 aromatic heterocycles. The molecule has 1 unspecified atom stereocenters. The Bertz CT molecular complexity index is 159. The minimum absolute atomic E-state index is 0. The van der Waals surface area contributed by atoms with Crippen molar-refractivity contribution in [2.45, 2.75) is 24.2 Å². The quantitative estimate of drug-likeness (QED) is 0.266. The average Bonchev–Trinajstić information content (AvgIpc) is 2.17. The summed E-state index contributed by atoms with van der Waals surface area (Å²) in [4.78, 5) is 0. The number of aliphatic hydroxyl groups excluding tert-OH is 4. The van der Waals surface area contributed by atoms with Crippen LogP contribution >= 0.6 is 12.4 Å². The van der Waals surface area contributed by atoms with Gasteiger partial charge >= 0.3 is 0 Å². The second kappa shape index (κ2) is 3.84. The molecule has 0 aromatic rings. The zero-order valence-corrected chi connectivity index (χ0v) is 6.90. The summed E-state index contributed by atoms with van der Waals surface area (Å²) < 4.78 is 0. The Morgan fingerprint density at radius 3 is 1.92 bits per heavy atom. The zero-order chi connectivity index (χ0) is 8.65. The maximum Gasteiger partial charge on any atom is 0.170 e. The number of halogens is 1. The van der Waals surface area contributed by atoms with E-state index >= 15 is 0 Å². The van der Waals surface area contributed by atoms with Crippen LogP contribution in [0, 0.1) is 0 Å². The Kier molecular flexibility index (Phi) is 3.86. The van der Waals surface area contributed by atoms with Gasteiger partial charge in [-0.2, -0.15) is 0 Å². The molecule has 0 saturated carbocycles. The first-order valence-electron chi connectivity index (χ1n) is 3.16. The highest BCUT2D eigenvalue weighted by atomic mass is 35.5. The average molecular weight is 202 g/mol. The third-order valence-electron chi connectivity index (χ3n) is 1.78. The van der Waals surface area contributed by atoms with Gasteiger partial charge in [-0.1, -0.05) is 0 Å². The van der Waals surface area contributed by atoms with Crippen LogP contribution in [0.2, 0.25) is 0 Å². The fraction of sp³-hybridized carbons (Fsp3) is 1.00. The lowest BCUT2D eigenvalue weighted by molar-refractivity contribution is -0.121. The molecule has 7 heteroatoms. The number of rotatable bonds is 1. The van der Waals surface area contributed by atoms with E-state index in [2.05, 4.69) is 0 Å². The highest BCUT2D eigenvalue weighted by Crippen LogP contribution is 2.20. The van der Waals surface area contributed by atoms with Gasteiger partial charge < -0.3 is 25.5 Å². The molecule has 1 fully saturated rings. The lowest BCUT2D eigenvalue weighted by Crippen LogP contribution is -2.52. The minimum atomic E-state index is -2.00. The molecule has 0 amide bonds. The van der Waals surface area contributed by atoms with Gasteiger partial charge in [0.15, 0.2) is 5.72 Å². The fourth-order valence-electron chi connectivity index (χ4n) is 1.02. The number of aliphatic hydroxyl groups is 5. The monoisotopic (exact) mass is 201 g/mol. The topological polar surface area (TPSA) is 113 Å². The van der Waals surface area contributed by atoms with E-state index in [0.29, 0.717) is 0 Å². The molecular weight excluding hydrogens is 190 g/mol. The third-order valence-corrected chi connectivity index (χ3v) is 1.78. The molecule has 1 heterocycles. The van der Waals surface area contributed by atoms with Crippen LogP contribution in [0.5, 0.6) is 0 Å². The highest BCUT2D eigenvalue weighted by molar-refractivity contribution is 5.85. The summed E-state index contributed by atoms with van der Waals surface area (Å²) in [6.45, 7) is -0.776. The summed E-state index contributed by atoms with van der Waals surface area (Å²) in [5, 5.41) is 46.5. The van der Waals surface area contributed by atoms with Crippen LogP contribution in [0.3, 0.4) is 0 Å². The summed E-state index contributed by atoms with van der Waals surface area (Å²) in [7, 11) is 0. The highest BCUT2D eigenvalue weighted by Gasteiger charge is 2.50. The van der Waals surface area contributed by atoms with Gasteiger partial charge in [0.25, 0.3) is 0 Å². The van der Waals surface area contributed by atoms with Crippen molar-refractivity contribution in [3.8, 4) is 0 Å². The van der Waals surface area contributed by atoms with E-state index in [9.17, 15) is 5.11 Å². The molecule has 1 aliphatic rings. The predicted molar refractivity (Wildman–Crippen MR) is 40.4 cm³/mol.